The maximum Gasteiger partial charge on any atom is 0.331 e. The molecule has 0 aliphatic carbocycles. The van der Waals surface area contributed by atoms with Crippen molar-refractivity contribution < 1.29 is 23.5 Å². The van der Waals surface area contributed by atoms with Gasteiger partial charge in [-0.2, -0.15) is 4.98 Å². The number of esters is 1. The number of carbonyl (C=O) groups is 1. The number of para-hydroxylation sites is 1. The summed E-state index contributed by atoms with van der Waals surface area (Å²) in [6.45, 7) is -0.140. The van der Waals surface area contributed by atoms with Crippen molar-refractivity contribution in [1.29, 1.82) is 0 Å². The van der Waals surface area contributed by atoms with Gasteiger partial charge in [-0.25, -0.2) is 4.79 Å². The van der Waals surface area contributed by atoms with E-state index in [0.29, 0.717) is 27.9 Å². The molecule has 0 radical (unpaired) electrons. The van der Waals surface area contributed by atoms with Gasteiger partial charge in [-0.1, -0.05) is 28.9 Å². The number of hydrogen-bond donors (Lipinski definition) is 0. The molecule has 0 bridgehead atoms. The topological polar surface area (TPSA) is 83.7 Å². The Hall–Kier alpha value is -3.32. The maximum atomic E-state index is 12.0. The van der Waals surface area contributed by atoms with Crippen LogP contribution in [0.15, 0.2) is 53.1 Å². The normalized spacial score (nSPS) is 10.8. The molecule has 0 fully saturated rings. The molecule has 1 aromatic heterocycles. The summed E-state index contributed by atoms with van der Waals surface area (Å²) in [5.41, 5.74) is 1.43. The molecular weight excluding hydrogens is 384 g/mol. The second kappa shape index (κ2) is 9.05. The Morgan fingerprint density at radius 1 is 1.14 bits per heavy atom. The molecular formula is C20H17ClN2O5. The minimum atomic E-state index is -0.559. The third-order valence-electron chi connectivity index (χ3n) is 3.74. The third kappa shape index (κ3) is 4.69. The average molecular weight is 401 g/mol. The summed E-state index contributed by atoms with van der Waals surface area (Å²) in [4.78, 5) is 16.2. The number of halogens is 1. The van der Waals surface area contributed by atoms with Crippen LogP contribution in [0.4, 0.5) is 0 Å². The molecule has 2 aromatic carbocycles. The van der Waals surface area contributed by atoms with E-state index in [0.717, 1.165) is 5.56 Å². The minimum Gasteiger partial charge on any atom is -0.493 e. The molecule has 3 aromatic rings. The van der Waals surface area contributed by atoms with Gasteiger partial charge in [-0.05, 0) is 36.4 Å². The summed E-state index contributed by atoms with van der Waals surface area (Å²) >= 11 is 5.86. The largest absolute Gasteiger partial charge is 0.493 e. The van der Waals surface area contributed by atoms with Gasteiger partial charge < -0.3 is 18.7 Å². The minimum absolute atomic E-state index is 0.140. The number of benzene rings is 2. The van der Waals surface area contributed by atoms with Crippen molar-refractivity contribution in [3.05, 3.63) is 65.0 Å². The van der Waals surface area contributed by atoms with Crippen LogP contribution in [-0.4, -0.2) is 30.3 Å². The van der Waals surface area contributed by atoms with Crippen LogP contribution in [0.2, 0.25) is 5.02 Å². The molecule has 0 saturated carbocycles. The number of nitrogens with zero attached hydrogens (tertiary/aromatic N) is 2. The summed E-state index contributed by atoms with van der Waals surface area (Å²) in [5, 5.41) is 4.47. The molecule has 144 valence electrons. The number of rotatable bonds is 7. The highest BCUT2D eigenvalue weighted by Crippen LogP contribution is 2.31. The summed E-state index contributed by atoms with van der Waals surface area (Å²) in [5.74, 6) is 1.11. The Bertz CT molecular complexity index is 983. The lowest BCUT2D eigenvalue weighted by atomic mass is 10.1. The van der Waals surface area contributed by atoms with Crippen molar-refractivity contribution >= 4 is 23.6 Å². The summed E-state index contributed by atoms with van der Waals surface area (Å²) < 4.78 is 20.8. The zero-order chi connectivity index (χ0) is 19.9. The van der Waals surface area contributed by atoms with Crippen molar-refractivity contribution in [3.8, 4) is 22.9 Å². The Balaban J connectivity index is 1.61. The highest BCUT2D eigenvalue weighted by molar-refractivity contribution is 6.30. The highest BCUT2D eigenvalue weighted by Gasteiger charge is 2.11. The molecule has 3 rings (SSSR count). The Labute approximate surface area is 166 Å². The first-order valence-electron chi connectivity index (χ1n) is 8.25. The molecule has 0 N–H and O–H groups in total. The number of methoxy groups -OCH3 is 2. The van der Waals surface area contributed by atoms with Gasteiger partial charge in [0.2, 0.25) is 5.82 Å². The first kappa shape index (κ1) is 19.4. The van der Waals surface area contributed by atoms with E-state index >= 15 is 0 Å². The summed E-state index contributed by atoms with van der Waals surface area (Å²) in [6.07, 6.45) is 2.87. The fourth-order valence-electron chi connectivity index (χ4n) is 2.41. The van der Waals surface area contributed by atoms with Crippen LogP contribution < -0.4 is 9.47 Å². The molecule has 1 heterocycles. The molecule has 0 amide bonds. The van der Waals surface area contributed by atoms with Crippen molar-refractivity contribution in [2.75, 3.05) is 14.2 Å². The fourth-order valence-corrected chi connectivity index (χ4v) is 2.54. The van der Waals surface area contributed by atoms with Crippen LogP contribution in [-0.2, 0) is 16.1 Å². The van der Waals surface area contributed by atoms with E-state index < -0.39 is 5.97 Å². The smallest absolute Gasteiger partial charge is 0.331 e. The number of aromatic nitrogens is 2. The van der Waals surface area contributed by atoms with Gasteiger partial charge >= 0.3 is 5.97 Å². The van der Waals surface area contributed by atoms with Crippen LogP contribution in [0.1, 0.15) is 11.5 Å². The van der Waals surface area contributed by atoms with Gasteiger partial charge in [0.15, 0.2) is 18.1 Å². The summed E-state index contributed by atoms with van der Waals surface area (Å²) in [6, 6.07) is 12.3. The molecule has 0 atom stereocenters. The van der Waals surface area contributed by atoms with Crippen LogP contribution in [0.25, 0.3) is 17.5 Å². The van der Waals surface area contributed by atoms with Crippen LogP contribution in [0, 0.1) is 0 Å². The van der Waals surface area contributed by atoms with Crippen LogP contribution >= 0.6 is 11.6 Å². The highest BCUT2D eigenvalue weighted by atomic mass is 35.5. The molecule has 0 aliphatic rings. The van der Waals surface area contributed by atoms with Crippen molar-refractivity contribution in [2.24, 2.45) is 0 Å². The first-order valence-corrected chi connectivity index (χ1v) is 8.63. The lowest BCUT2D eigenvalue weighted by Crippen LogP contribution is -2.01. The zero-order valence-corrected chi connectivity index (χ0v) is 16.0. The second-order valence-electron chi connectivity index (χ2n) is 5.54. The van der Waals surface area contributed by atoms with Crippen molar-refractivity contribution in [2.45, 2.75) is 6.61 Å². The second-order valence-corrected chi connectivity index (χ2v) is 5.98. The lowest BCUT2D eigenvalue weighted by molar-refractivity contribution is -0.139. The van der Waals surface area contributed by atoms with Gasteiger partial charge in [-0.3, -0.25) is 0 Å². The van der Waals surface area contributed by atoms with Gasteiger partial charge in [0.25, 0.3) is 5.89 Å². The van der Waals surface area contributed by atoms with Gasteiger partial charge in [0.05, 0.1) is 14.2 Å². The monoisotopic (exact) mass is 400 g/mol. The number of carbonyl (C=O) groups excluding carboxylic acids is 1. The Morgan fingerprint density at radius 3 is 2.64 bits per heavy atom. The number of ether oxygens (including phenoxy) is 3. The van der Waals surface area contributed by atoms with Gasteiger partial charge in [0.1, 0.15) is 0 Å². The first-order chi connectivity index (χ1) is 13.6. The van der Waals surface area contributed by atoms with Gasteiger partial charge in [-0.15, -0.1) is 0 Å². The predicted molar refractivity (Wildman–Crippen MR) is 103 cm³/mol. The quantitative estimate of drug-likeness (QED) is 0.434. The Kier molecular flexibility index (Phi) is 6.29. The summed E-state index contributed by atoms with van der Waals surface area (Å²) in [7, 11) is 3.07. The van der Waals surface area contributed by atoms with Crippen molar-refractivity contribution in [1.82, 2.24) is 10.1 Å². The SMILES string of the molecule is COc1cccc(/C=C/C(=O)OCc2nc(-c3ccc(Cl)cc3)no2)c1OC. The van der Waals surface area contributed by atoms with E-state index in [9.17, 15) is 4.79 Å². The van der Waals surface area contributed by atoms with E-state index in [2.05, 4.69) is 10.1 Å². The maximum absolute atomic E-state index is 12.0. The predicted octanol–water partition coefficient (Wildman–Crippen LogP) is 4.16. The third-order valence-corrected chi connectivity index (χ3v) is 3.99. The molecule has 28 heavy (non-hydrogen) atoms. The van der Waals surface area contributed by atoms with E-state index in [1.807, 2.05) is 0 Å². The van der Waals surface area contributed by atoms with Crippen molar-refractivity contribution in [3.63, 3.8) is 0 Å². The molecule has 8 heteroatoms. The standard InChI is InChI=1S/C20H17ClN2O5/c1-25-16-5-3-4-13(19(16)26-2)8-11-18(24)27-12-17-22-20(23-28-17)14-6-9-15(21)10-7-14/h3-11H,12H2,1-2H3/b11-8+. The molecule has 0 aliphatic heterocycles. The fraction of sp³-hybridized carbons (Fsp3) is 0.150. The van der Waals surface area contributed by atoms with E-state index in [-0.39, 0.29) is 12.5 Å². The van der Waals surface area contributed by atoms with E-state index in [4.69, 9.17) is 30.3 Å². The van der Waals surface area contributed by atoms with Crippen LogP contribution in [0.5, 0.6) is 11.5 Å². The van der Waals surface area contributed by atoms with Gasteiger partial charge in [0, 0.05) is 22.2 Å². The zero-order valence-electron chi connectivity index (χ0n) is 15.2. The van der Waals surface area contributed by atoms with E-state index in [1.54, 1.807) is 55.7 Å². The molecule has 0 spiro atoms. The van der Waals surface area contributed by atoms with Crippen LogP contribution in [0.3, 0.4) is 0 Å². The molecule has 0 saturated heterocycles. The lowest BCUT2D eigenvalue weighted by Gasteiger charge is -2.09. The average Bonchev–Trinajstić information content (AvgIpc) is 3.19. The Morgan fingerprint density at radius 2 is 1.93 bits per heavy atom. The molecule has 0 unspecified atom stereocenters. The molecule has 7 nitrogen and oxygen atoms in total. The number of hydrogen-bond acceptors (Lipinski definition) is 7. The van der Waals surface area contributed by atoms with E-state index in [1.165, 1.54) is 13.2 Å².